The molecule has 0 unspecified atom stereocenters. The summed E-state index contributed by atoms with van der Waals surface area (Å²) in [5.41, 5.74) is 4.09. The second-order valence-corrected chi connectivity index (χ2v) is 7.15. The van der Waals surface area contributed by atoms with Crippen LogP contribution in [0.2, 0.25) is 0 Å². The van der Waals surface area contributed by atoms with E-state index in [1.165, 1.54) is 4.90 Å². The third-order valence-electron chi connectivity index (χ3n) is 5.04. The maximum absolute atomic E-state index is 13.0. The lowest BCUT2D eigenvalue weighted by atomic mass is 10.1. The molecule has 2 rings (SSSR count). The zero-order valence-electron chi connectivity index (χ0n) is 18.0. The summed E-state index contributed by atoms with van der Waals surface area (Å²) in [6.07, 6.45) is 0. The van der Waals surface area contributed by atoms with Crippen LogP contribution in [0.5, 0.6) is 11.5 Å². The van der Waals surface area contributed by atoms with E-state index < -0.39 is 6.04 Å². The molecule has 6 heteroatoms. The molecule has 2 aromatic carbocycles. The number of rotatable bonds is 8. The number of carbonyl (C=O) groups excluding carboxylic acids is 2. The van der Waals surface area contributed by atoms with Crippen LogP contribution in [-0.4, -0.2) is 43.5 Å². The minimum absolute atomic E-state index is 0.138. The number of methoxy groups -OCH3 is 1. The van der Waals surface area contributed by atoms with Gasteiger partial charge < -0.3 is 19.7 Å². The molecule has 2 amide bonds. The number of carbonyl (C=O) groups is 2. The topological polar surface area (TPSA) is 67.9 Å². The van der Waals surface area contributed by atoms with E-state index in [4.69, 9.17) is 9.47 Å². The Labute approximate surface area is 172 Å². The van der Waals surface area contributed by atoms with Gasteiger partial charge in [-0.3, -0.25) is 9.59 Å². The van der Waals surface area contributed by atoms with Gasteiger partial charge in [-0.1, -0.05) is 18.2 Å². The van der Waals surface area contributed by atoms with Crippen LogP contribution in [-0.2, 0) is 16.1 Å². The van der Waals surface area contributed by atoms with Gasteiger partial charge in [-0.15, -0.1) is 0 Å². The van der Waals surface area contributed by atoms with Crippen molar-refractivity contribution in [2.45, 2.75) is 40.3 Å². The molecule has 0 spiro atoms. The highest BCUT2D eigenvalue weighted by molar-refractivity contribution is 5.87. The van der Waals surface area contributed by atoms with Crippen molar-refractivity contribution in [3.05, 3.63) is 58.7 Å². The lowest BCUT2D eigenvalue weighted by Crippen LogP contribution is -2.48. The van der Waals surface area contributed by atoms with E-state index >= 15 is 0 Å². The second kappa shape index (κ2) is 9.96. The van der Waals surface area contributed by atoms with Gasteiger partial charge in [-0.25, -0.2) is 0 Å². The molecule has 0 radical (unpaired) electrons. The minimum atomic E-state index is -0.626. The molecule has 156 valence electrons. The van der Waals surface area contributed by atoms with Crippen LogP contribution in [0.1, 0.15) is 29.2 Å². The largest absolute Gasteiger partial charge is 0.497 e. The quantitative estimate of drug-likeness (QED) is 0.742. The normalized spacial score (nSPS) is 11.5. The summed E-state index contributed by atoms with van der Waals surface area (Å²) >= 11 is 0. The summed E-state index contributed by atoms with van der Waals surface area (Å²) < 4.78 is 11.0. The molecule has 0 aliphatic rings. The van der Waals surface area contributed by atoms with Crippen LogP contribution in [0.3, 0.4) is 0 Å². The van der Waals surface area contributed by atoms with Crippen molar-refractivity contribution in [3.8, 4) is 11.5 Å². The van der Waals surface area contributed by atoms with Crippen LogP contribution >= 0.6 is 0 Å². The molecule has 0 aliphatic heterocycles. The molecule has 29 heavy (non-hydrogen) atoms. The SMILES string of the molecule is CNC(=O)[C@@H](C)N(Cc1ccc(OC)cc1)C(=O)COc1cc(C)cc(C)c1C. The molecule has 0 heterocycles. The summed E-state index contributed by atoms with van der Waals surface area (Å²) in [6, 6.07) is 10.8. The summed E-state index contributed by atoms with van der Waals surface area (Å²) in [5, 5.41) is 2.61. The monoisotopic (exact) mass is 398 g/mol. The lowest BCUT2D eigenvalue weighted by molar-refractivity contribution is -0.142. The summed E-state index contributed by atoms with van der Waals surface area (Å²) in [6.45, 7) is 7.85. The van der Waals surface area contributed by atoms with Crippen molar-refractivity contribution in [2.75, 3.05) is 20.8 Å². The average Bonchev–Trinajstić information content (AvgIpc) is 2.72. The molecular formula is C23H30N2O4. The summed E-state index contributed by atoms with van der Waals surface area (Å²) in [7, 11) is 3.16. The Balaban J connectivity index is 2.18. The number of nitrogens with zero attached hydrogens (tertiary/aromatic N) is 1. The van der Waals surface area contributed by atoms with Gasteiger partial charge in [0.25, 0.3) is 5.91 Å². The number of benzene rings is 2. The first kappa shape index (κ1) is 22.3. The van der Waals surface area contributed by atoms with Gasteiger partial charge in [-0.2, -0.15) is 0 Å². The van der Waals surface area contributed by atoms with E-state index in [0.717, 1.165) is 28.0 Å². The third-order valence-corrected chi connectivity index (χ3v) is 5.04. The standard InChI is InChI=1S/C23H30N2O4/c1-15-11-16(2)17(3)21(12-15)29-14-22(26)25(18(4)23(27)24-5)13-19-7-9-20(28-6)10-8-19/h7-12,18H,13-14H2,1-6H3,(H,24,27)/t18-/m1/s1. The van der Waals surface area contributed by atoms with Crippen molar-refractivity contribution in [2.24, 2.45) is 0 Å². The third kappa shape index (κ3) is 5.73. The molecular weight excluding hydrogens is 368 g/mol. The van der Waals surface area contributed by atoms with Crippen molar-refractivity contribution < 1.29 is 19.1 Å². The molecule has 0 bridgehead atoms. The van der Waals surface area contributed by atoms with Crippen molar-refractivity contribution >= 4 is 11.8 Å². The highest BCUT2D eigenvalue weighted by Gasteiger charge is 2.26. The van der Waals surface area contributed by atoms with E-state index in [9.17, 15) is 9.59 Å². The molecule has 0 saturated carbocycles. The van der Waals surface area contributed by atoms with Crippen molar-refractivity contribution in [1.29, 1.82) is 0 Å². The highest BCUT2D eigenvalue weighted by atomic mass is 16.5. The maximum Gasteiger partial charge on any atom is 0.261 e. The smallest absolute Gasteiger partial charge is 0.261 e. The molecule has 1 N–H and O–H groups in total. The fourth-order valence-corrected chi connectivity index (χ4v) is 3.09. The molecule has 2 aromatic rings. The Morgan fingerprint density at radius 1 is 1.10 bits per heavy atom. The maximum atomic E-state index is 13.0. The number of ether oxygens (including phenoxy) is 2. The first-order valence-corrected chi connectivity index (χ1v) is 9.61. The van der Waals surface area contributed by atoms with Gasteiger partial charge in [0.15, 0.2) is 6.61 Å². The van der Waals surface area contributed by atoms with E-state index in [1.807, 2.05) is 51.1 Å². The highest BCUT2D eigenvalue weighted by Crippen LogP contribution is 2.23. The molecule has 1 atom stereocenters. The number of hydrogen-bond donors (Lipinski definition) is 1. The summed E-state index contributed by atoms with van der Waals surface area (Å²) in [5.74, 6) is 0.942. The number of hydrogen-bond acceptors (Lipinski definition) is 4. The second-order valence-electron chi connectivity index (χ2n) is 7.15. The molecule has 6 nitrogen and oxygen atoms in total. The number of nitrogens with one attached hydrogen (secondary N) is 1. The molecule has 0 aliphatic carbocycles. The van der Waals surface area contributed by atoms with Gasteiger partial charge in [-0.05, 0) is 68.1 Å². The number of amides is 2. The molecule has 0 aromatic heterocycles. The lowest BCUT2D eigenvalue weighted by Gasteiger charge is -2.28. The molecule has 0 fully saturated rings. The van der Waals surface area contributed by atoms with E-state index in [0.29, 0.717) is 12.3 Å². The van der Waals surface area contributed by atoms with Crippen LogP contribution in [0.15, 0.2) is 36.4 Å². The number of aryl methyl sites for hydroxylation is 2. The van der Waals surface area contributed by atoms with Gasteiger partial charge >= 0.3 is 0 Å². The minimum Gasteiger partial charge on any atom is -0.497 e. The predicted octanol–water partition coefficient (Wildman–Crippen LogP) is 3.16. The van der Waals surface area contributed by atoms with Crippen LogP contribution in [0.4, 0.5) is 0 Å². The Bertz CT molecular complexity index is 862. The van der Waals surface area contributed by atoms with Crippen LogP contribution < -0.4 is 14.8 Å². The van der Waals surface area contributed by atoms with E-state index in [2.05, 4.69) is 11.4 Å². The Morgan fingerprint density at radius 3 is 2.34 bits per heavy atom. The average molecular weight is 399 g/mol. The van der Waals surface area contributed by atoms with Crippen molar-refractivity contribution in [3.63, 3.8) is 0 Å². The first-order chi connectivity index (χ1) is 13.8. The fraction of sp³-hybridized carbons (Fsp3) is 0.391. The first-order valence-electron chi connectivity index (χ1n) is 9.61. The Kier molecular flexibility index (Phi) is 7.65. The summed E-state index contributed by atoms with van der Waals surface area (Å²) in [4.78, 5) is 26.7. The fourth-order valence-electron chi connectivity index (χ4n) is 3.09. The number of likely N-dealkylation sites (N-methyl/N-ethyl adjacent to an activating group) is 1. The van der Waals surface area contributed by atoms with Gasteiger partial charge in [0, 0.05) is 13.6 Å². The van der Waals surface area contributed by atoms with E-state index in [1.54, 1.807) is 21.1 Å². The van der Waals surface area contributed by atoms with Gasteiger partial charge in [0.1, 0.15) is 17.5 Å². The Hall–Kier alpha value is -3.02. The molecule has 0 saturated heterocycles. The van der Waals surface area contributed by atoms with Crippen molar-refractivity contribution in [1.82, 2.24) is 10.2 Å². The zero-order valence-corrected chi connectivity index (χ0v) is 18.0. The van der Waals surface area contributed by atoms with Crippen LogP contribution in [0, 0.1) is 20.8 Å². The predicted molar refractivity (Wildman–Crippen MR) is 113 cm³/mol. The van der Waals surface area contributed by atoms with Gasteiger partial charge in [0.2, 0.25) is 5.91 Å². The van der Waals surface area contributed by atoms with E-state index in [-0.39, 0.29) is 18.4 Å². The zero-order chi connectivity index (χ0) is 21.6. The Morgan fingerprint density at radius 2 is 1.76 bits per heavy atom. The van der Waals surface area contributed by atoms with Gasteiger partial charge in [0.05, 0.1) is 7.11 Å². The van der Waals surface area contributed by atoms with Crippen LogP contribution in [0.25, 0.3) is 0 Å².